The van der Waals surface area contributed by atoms with Gasteiger partial charge in [0.15, 0.2) is 0 Å². The first-order chi connectivity index (χ1) is 8.38. The van der Waals surface area contributed by atoms with Crippen LogP contribution in [-0.4, -0.2) is 24.7 Å². The second-order valence-electron chi connectivity index (χ2n) is 4.32. The summed E-state index contributed by atoms with van der Waals surface area (Å²) in [6.45, 7) is 2.91. The van der Waals surface area contributed by atoms with Gasteiger partial charge in [0, 0.05) is 6.07 Å². The Hall–Kier alpha value is -1.60. The topological polar surface area (TPSA) is 57.9 Å². The summed E-state index contributed by atoms with van der Waals surface area (Å²) in [6.07, 6.45) is 3.58. The molecule has 17 heavy (non-hydrogen) atoms. The number of aromatic nitrogens is 1. The summed E-state index contributed by atoms with van der Waals surface area (Å²) in [5.41, 5.74) is 0.404. The first-order valence-corrected chi connectivity index (χ1v) is 6.09. The summed E-state index contributed by atoms with van der Waals surface area (Å²) < 4.78 is 5.56. The van der Waals surface area contributed by atoms with Gasteiger partial charge in [0.25, 0.3) is 0 Å². The van der Waals surface area contributed by atoms with Crippen molar-refractivity contribution in [2.45, 2.75) is 19.3 Å². The van der Waals surface area contributed by atoms with Crippen LogP contribution in [0.25, 0.3) is 0 Å². The summed E-state index contributed by atoms with van der Waals surface area (Å²) in [6, 6.07) is 7.27. The number of hydrogen-bond acceptors (Lipinski definition) is 4. The summed E-state index contributed by atoms with van der Waals surface area (Å²) in [5, 5.41) is 12.1. The zero-order chi connectivity index (χ0) is 11.9. The fraction of sp³-hybridized carbons (Fsp3) is 0.538. The Balaban J connectivity index is 1.75. The van der Waals surface area contributed by atoms with Crippen LogP contribution < -0.4 is 10.1 Å². The van der Waals surface area contributed by atoms with Crippen molar-refractivity contribution in [2.75, 3.05) is 19.7 Å². The second kappa shape index (κ2) is 6.21. The third-order valence-electron chi connectivity index (χ3n) is 3.01. The number of nitrogens with one attached hydrogen (secondary N) is 1. The Morgan fingerprint density at radius 1 is 1.53 bits per heavy atom. The van der Waals surface area contributed by atoms with Gasteiger partial charge in [0.05, 0.1) is 6.61 Å². The highest BCUT2D eigenvalue weighted by atomic mass is 16.5. The molecule has 1 N–H and O–H groups in total. The van der Waals surface area contributed by atoms with Gasteiger partial charge in [-0.2, -0.15) is 5.26 Å². The van der Waals surface area contributed by atoms with Crippen LogP contribution in [0, 0.1) is 17.2 Å². The van der Waals surface area contributed by atoms with Crippen LogP contribution in [0.15, 0.2) is 18.2 Å². The van der Waals surface area contributed by atoms with E-state index in [1.165, 1.54) is 12.8 Å². The minimum absolute atomic E-state index is 0.404. The predicted molar refractivity (Wildman–Crippen MR) is 64.7 cm³/mol. The smallest absolute Gasteiger partial charge is 0.214 e. The third-order valence-corrected chi connectivity index (χ3v) is 3.01. The maximum atomic E-state index is 8.71. The monoisotopic (exact) mass is 231 g/mol. The fourth-order valence-electron chi connectivity index (χ4n) is 2.06. The van der Waals surface area contributed by atoms with Crippen molar-refractivity contribution in [3.8, 4) is 11.9 Å². The van der Waals surface area contributed by atoms with Crippen LogP contribution in [0.5, 0.6) is 5.88 Å². The molecule has 1 aliphatic rings. The summed E-state index contributed by atoms with van der Waals surface area (Å²) in [5.74, 6) is 1.26. The zero-order valence-corrected chi connectivity index (χ0v) is 9.85. The molecular formula is C13H17N3O. The van der Waals surface area contributed by atoms with Gasteiger partial charge in [-0.25, -0.2) is 4.98 Å². The van der Waals surface area contributed by atoms with E-state index in [1.54, 1.807) is 18.2 Å². The number of nitrogens with zero attached hydrogens (tertiary/aromatic N) is 2. The molecule has 0 spiro atoms. The van der Waals surface area contributed by atoms with Crippen LogP contribution in [0.4, 0.5) is 0 Å². The van der Waals surface area contributed by atoms with E-state index in [1.807, 2.05) is 6.07 Å². The molecule has 0 aliphatic carbocycles. The molecule has 4 nitrogen and oxygen atoms in total. The number of pyridine rings is 1. The zero-order valence-electron chi connectivity index (χ0n) is 9.85. The van der Waals surface area contributed by atoms with Gasteiger partial charge in [0.2, 0.25) is 5.88 Å². The summed E-state index contributed by atoms with van der Waals surface area (Å²) >= 11 is 0. The first kappa shape index (κ1) is 11.9. The molecule has 0 radical (unpaired) electrons. The van der Waals surface area contributed by atoms with Crippen LogP contribution in [0.2, 0.25) is 0 Å². The van der Waals surface area contributed by atoms with E-state index in [2.05, 4.69) is 10.3 Å². The molecule has 0 amide bonds. The van der Waals surface area contributed by atoms with Crippen molar-refractivity contribution in [3.05, 3.63) is 23.9 Å². The highest BCUT2D eigenvalue weighted by Crippen LogP contribution is 2.15. The van der Waals surface area contributed by atoms with Gasteiger partial charge in [-0.15, -0.1) is 0 Å². The molecule has 4 heteroatoms. The highest BCUT2D eigenvalue weighted by Gasteiger charge is 2.12. The molecule has 1 aromatic rings. The van der Waals surface area contributed by atoms with Crippen LogP contribution in [-0.2, 0) is 0 Å². The lowest BCUT2D eigenvalue weighted by Gasteiger charge is -2.22. The Morgan fingerprint density at radius 2 is 2.47 bits per heavy atom. The van der Waals surface area contributed by atoms with Crippen molar-refractivity contribution in [1.29, 1.82) is 5.26 Å². The Labute approximate surface area is 102 Å². The van der Waals surface area contributed by atoms with E-state index < -0.39 is 0 Å². The first-order valence-electron chi connectivity index (χ1n) is 6.09. The van der Waals surface area contributed by atoms with Crippen LogP contribution in [0.3, 0.4) is 0 Å². The van der Waals surface area contributed by atoms with Gasteiger partial charge < -0.3 is 10.1 Å². The van der Waals surface area contributed by atoms with Crippen molar-refractivity contribution in [2.24, 2.45) is 5.92 Å². The number of hydrogen-bond donors (Lipinski definition) is 1. The van der Waals surface area contributed by atoms with E-state index in [0.717, 1.165) is 19.5 Å². The molecule has 0 aromatic carbocycles. The predicted octanol–water partition coefficient (Wildman–Crippen LogP) is 1.72. The number of rotatable bonds is 4. The third kappa shape index (κ3) is 3.72. The molecular weight excluding hydrogens is 214 g/mol. The van der Waals surface area contributed by atoms with Gasteiger partial charge in [-0.05, 0) is 44.3 Å². The van der Waals surface area contributed by atoms with Gasteiger partial charge in [0.1, 0.15) is 11.8 Å². The number of nitriles is 1. The molecule has 1 saturated heterocycles. The summed E-state index contributed by atoms with van der Waals surface area (Å²) in [4.78, 5) is 4.07. The van der Waals surface area contributed by atoms with Crippen LogP contribution in [0.1, 0.15) is 25.0 Å². The number of piperidine rings is 1. The molecule has 0 bridgehead atoms. The average molecular weight is 231 g/mol. The van der Waals surface area contributed by atoms with E-state index in [0.29, 0.717) is 24.1 Å². The Kier molecular flexibility index (Phi) is 4.34. The SMILES string of the molecule is N#Cc1cccc(OCCC2CCCNC2)n1. The molecule has 2 rings (SSSR count). The van der Waals surface area contributed by atoms with E-state index in [-0.39, 0.29) is 0 Å². The standard InChI is InChI=1S/C13H17N3O/c14-9-12-4-1-5-13(16-12)17-8-6-11-3-2-7-15-10-11/h1,4-5,11,15H,2-3,6-8,10H2. The Bertz CT molecular complexity index is 394. The van der Waals surface area contributed by atoms with Gasteiger partial charge >= 0.3 is 0 Å². The maximum absolute atomic E-state index is 8.71. The molecule has 1 aromatic heterocycles. The number of ether oxygens (including phenoxy) is 1. The van der Waals surface area contributed by atoms with Gasteiger partial charge in [-0.1, -0.05) is 6.07 Å². The normalized spacial score (nSPS) is 19.6. The van der Waals surface area contributed by atoms with E-state index >= 15 is 0 Å². The quantitative estimate of drug-likeness (QED) is 0.857. The molecule has 1 aliphatic heterocycles. The molecule has 1 unspecified atom stereocenters. The molecule has 90 valence electrons. The van der Waals surface area contributed by atoms with Gasteiger partial charge in [-0.3, -0.25) is 0 Å². The molecule has 1 atom stereocenters. The summed E-state index contributed by atoms with van der Waals surface area (Å²) in [7, 11) is 0. The van der Waals surface area contributed by atoms with E-state index in [4.69, 9.17) is 10.00 Å². The maximum Gasteiger partial charge on any atom is 0.214 e. The molecule has 1 fully saturated rings. The van der Waals surface area contributed by atoms with Crippen molar-refractivity contribution >= 4 is 0 Å². The lowest BCUT2D eigenvalue weighted by molar-refractivity contribution is 0.247. The fourth-order valence-corrected chi connectivity index (χ4v) is 2.06. The lowest BCUT2D eigenvalue weighted by Crippen LogP contribution is -2.30. The average Bonchev–Trinajstić information content (AvgIpc) is 2.40. The van der Waals surface area contributed by atoms with Crippen molar-refractivity contribution < 1.29 is 4.74 Å². The van der Waals surface area contributed by atoms with Crippen molar-refractivity contribution in [3.63, 3.8) is 0 Å². The lowest BCUT2D eigenvalue weighted by atomic mass is 9.97. The second-order valence-corrected chi connectivity index (χ2v) is 4.32. The molecule has 2 heterocycles. The van der Waals surface area contributed by atoms with E-state index in [9.17, 15) is 0 Å². The minimum atomic E-state index is 0.404. The van der Waals surface area contributed by atoms with Crippen LogP contribution >= 0.6 is 0 Å². The minimum Gasteiger partial charge on any atom is -0.478 e. The Morgan fingerprint density at radius 3 is 3.24 bits per heavy atom. The highest BCUT2D eigenvalue weighted by molar-refractivity contribution is 5.24. The largest absolute Gasteiger partial charge is 0.478 e. The molecule has 0 saturated carbocycles. The van der Waals surface area contributed by atoms with Crippen molar-refractivity contribution in [1.82, 2.24) is 10.3 Å².